The number of thioether (sulfide) groups is 1. The number of carbonyl (C=O) groups is 3. The fourth-order valence-electron chi connectivity index (χ4n) is 4.28. The van der Waals surface area contributed by atoms with E-state index in [0.717, 1.165) is 21.8 Å². The highest BCUT2D eigenvalue weighted by Gasteiger charge is 2.15. The number of ether oxygens (including phenoxy) is 1. The first kappa shape index (κ1) is 30.8. The monoisotopic (exact) mass is 613 g/mol. The lowest BCUT2D eigenvalue weighted by atomic mass is 10.1. The van der Waals surface area contributed by atoms with E-state index in [1.807, 2.05) is 79.7 Å². The number of anilines is 2. The minimum absolute atomic E-state index is 0.115. The van der Waals surface area contributed by atoms with Crippen LogP contribution >= 0.6 is 11.8 Å². The van der Waals surface area contributed by atoms with Gasteiger partial charge in [0.2, 0.25) is 5.91 Å². The average molecular weight is 614 g/mol. The Bertz CT molecular complexity index is 1790. The molecule has 0 saturated carbocycles. The van der Waals surface area contributed by atoms with Gasteiger partial charge in [-0.05, 0) is 91.4 Å². The van der Waals surface area contributed by atoms with Gasteiger partial charge in [-0.15, -0.1) is 11.8 Å². The van der Waals surface area contributed by atoms with Crippen LogP contribution in [0.4, 0.5) is 11.4 Å². The van der Waals surface area contributed by atoms with E-state index < -0.39 is 5.91 Å². The predicted molar refractivity (Wildman–Crippen MR) is 180 cm³/mol. The van der Waals surface area contributed by atoms with E-state index in [4.69, 9.17) is 4.74 Å². The first-order chi connectivity index (χ1) is 21.9. The highest BCUT2D eigenvalue weighted by molar-refractivity contribution is 8.00. The normalized spacial score (nSPS) is 10.9. The number of rotatable bonds is 11. The number of aryl methyl sites for hydroxylation is 1. The average Bonchev–Trinajstić information content (AvgIpc) is 3.06. The van der Waals surface area contributed by atoms with E-state index in [1.54, 1.807) is 66.7 Å². The zero-order valence-electron chi connectivity index (χ0n) is 24.5. The zero-order chi connectivity index (χ0) is 31.4. The lowest BCUT2D eigenvalue weighted by Crippen LogP contribution is -2.30. The number of carbonyl (C=O) groups excluding carboxylic acids is 3. The van der Waals surface area contributed by atoms with Crippen molar-refractivity contribution in [3.05, 3.63) is 156 Å². The van der Waals surface area contributed by atoms with Crippen molar-refractivity contribution in [1.82, 2.24) is 5.32 Å². The second-order valence-corrected chi connectivity index (χ2v) is 11.1. The summed E-state index contributed by atoms with van der Waals surface area (Å²) in [6, 6.07) is 40.2. The summed E-state index contributed by atoms with van der Waals surface area (Å²) in [7, 11) is 0. The van der Waals surface area contributed by atoms with Gasteiger partial charge in [-0.1, -0.05) is 66.2 Å². The Morgan fingerprint density at radius 1 is 0.689 bits per heavy atom. The predicted octanol–water partition coefficient (Wildman–Crippen LogP) is 7.93. The smallest absolute Gasteiger partial charge is 0.272 e. The van der Waals surface area contributed by atoms with E-state index in [-0.39, 0.29) is 23.3 Å². The van der Waals surface area contributed by atoms with Gasteiger partial charge in [0.05, 0.1) is 5.75 Å². The van der Waals surface area contributed by atoms with Gasteiger partial charge in [-0.25, -0.2) is 0 Å². The molecular weight excluding hydrogens is 582 g/mol. The van der Waals surface area contributed by atoms with E-state index in [1.165, 1.54) is 11.8 Å². The molecule has 0 aliphatic rings. The molecule has 45 heavy (non-hydrogen) atoms. The Morgan fingerprint density at radius 3 is 2.00 bits per heavy atom. The van der Waals surface area contributed by atoms with Crippen molar-refractivity contribution in [2.75, 3.05) is 16.4 Å². The van der Waals surface area contributed by atoms with E-state index in [9.17, 15) is 14.4 Å². The summed E-state index contributed by atoms with van der Waals surface area (Å²) in [5.41, 5.74) is 3.61. The van der Waals surface area contributed by atoms with E-state index in [0.29, 0.717) is 22.7 Å². The summed E-state index contributed by atoms with van der Waals surface area (Å²) < 4.78 is 5.79. The third-order valence-corrected chi connectivity index (χ3v) is 7.49. The Balaban J connectivity index is 1.16. The molecule has 0 aliphatic heterocycles. The van der Waals surface area contributed by atoms with Gasteiger partial charge in [0, 0.05) is 21.8 Å². The van der Waals surface area contributed by atoms with Crippen LogP contribution in [0.5, 0.6) is 11.5 Å². The molecule has 0 heterocycles. The molecule has 3 N–H and O–H groups in total. The van der Waals surface area contributed by atoms with Gasteiger partial charge in [-0.2, -0.15) is 0 Å². The van der Waals surface area contributed by atoms with Gasteiger partial charge in [0.1, 0.15) is 17.2 Å². The lowest BCUT2D eigenvalue weighted by Gasteiger charge is -2.12. The molecule has 8 heteroatoms. The van der Waals surface area contributed by atoms with Gasteiger partial charge in [0.15, 0.2) is 0 Å². The van der Waals surface area contributed by atoms with Crippen LogP contribution < -0.4 is 20.7 Å². The molecule has 0 saturated heterocycles. The first-order valence-corrected chi connectivity index (χ1v) is 15.2. The van der Waals surface area contributed by atoms with Crippen molar-refractivity contribution in [1.29, 1.82) is 0 Å². The summed E-state index contributed by atoms with van der Waals surface area (Å²) in [6.07, 6.45) is 1.65. The lowest BCUT2D eigenvalue weighted by molar-refractivity contribution is -0.114. The molecule has 224 valence electrons. The van der Waals surface area contributed by atoms with Gasteiger partial charge in [-0.3, -0.25) is 14.4 Å². The molecule has 0 fully saturated rings. The molecule has 5 aromatic rings. The molecule has 0 radical (unpaired) electrons. The van der Waals surface area contributed by atoms with E-state index in [2.05, 4.69) is 16.0 Å². The number of benzene rings is 5. The van der Waals surface area contributed by atoms with E-state index >= 15 is 0 Å². The molecule has 7 nitrogen and oxygen atoms in total. The van der Waals surface area contributed by atoms with Crippen molar-refractivity contribution >= 4 is 46.9 Å². The Hall–Kier alpha value is -5.60. The second-order valence-electron chi connectivity index (χ2n) is 10.0. The summed E-state index contributed by atoms with van der Waals surface area (Å²) in [5, 5.41) is 8.50. The highest BCUT2D eigenvalue weighted by Crippen LogP contribution is 2.24. The molecule has 0 bridgehead atoms. The maximum absolute atomic E-state index is 13.3. The minimum Gasteiger partial charge on any atom is -0.457 e. The first-order valence-electron chi connectivity index (χ1n) is 14.2. The largest absolute Gasteiger partial charge is 0.457 e. The molecule has 3 amide bonds. The SMILES string of the molecule is Cc1cccc(/C=C(\NC(=O)c2ccccc2)C(=O)Nc2ccc(SCC(=O)Nc3ccc(Oc4ccccc4)cc3)cc2)c1. The fraction of sp³-hybridized carbons (Fsp3) is 0.0541. The molecule has 5 aromatic carbocycles. The molecule has 0 aromatic heterocycles. The van der Waals surface area contributed by atoms with Crippen molar-refractivity contribution < 1.29 is 19.1 Å². The summed E-state index contributed by atoms with van der Waals surface area (Å²) in [6.45, 7) is 1.96. The zero-order valence-corrected chi connectivity index (χ0v) is 25.3. The quantitative estimate of drug-likeness (QED) is 0.104. The summed E-state index contributed by atoms with van der Waals surface area (Å²) in [4.78, 5) is 39.6. The third kappa shape index (κ3) is 9.44. The van der Waals surface area contributed by atoms with Crippen LogP contribution in [-0.2, 0) is 9.59 Å². The van der Waals surface area contributed by atoms with Gasteiger partial charge in [0.25, 0.3) is 11.8 Å². The van der Waals surface area contributed by atoms with Crippen LogP contribution in [0.1, 0.15) is 21.5 Å². The van der Waals surface area contributed by atoms with Crippen LogP contribution in [0.2, 0.25) is 0 Å². The maximum Gasteiger partial charge on any atom is 0.272 e. The third-order valence-electron chi connectivity index (χ3n) is 6.48. The maximum atomic E-state index is 13.3. The summed E-state index contributed by atoms with van der Waals surface area (Å²) in [5.74, 6) is 0.645. The molecule has 5 rings (SSSR count). The second kappa shape index (κ2) is 15.2. The van der Waals surface area contributed by atoms with Crippen LogP contribution in [0.25, 0.3) is 6.08 Å². The number of nitrogens with one attached hydrogen (secondary N) is 3. The molecule has 0 spiro atoms. The Labute approximate surface area is 266 Å². The van der Waals surface area contributed by atoms with Crippen molar-refractivity contribution in [3.63, 3.8) is 0 Å². The molecule has 0 aliphatic carbocycles. The Kier molecular flexibility index (Phi) is 10.4. The van der Waals surface area contributed by atoms with Crippen molar-refractivity contribution in [2.24, 2.45) is 0 Å². The fourth-order valence-corrected chi connectivity index (χ4v) is 4.98. The van der Waals surface area contributed by atoms with Crippen LogP contribution in [-0.4, -0.2) is 23.5 Å². The highest BCUT2D eigenvalue weighted by atomic mass is 32.2. The number of hydrogen-bond acceptors (Lipinski definition) is 5. The Morgan fingerprint density at radius 2 is 1.31 bits per heavy atom. The van der Waals surface area contributed by atoms with Crippen LogP contribution in [0, 0.1) is 6.92 Å². The topological polar surface area (TPSA) is 96.5 Å². The number of para-hydroxylation sites is 1. The number of amides is 3. The van der Waals surface area contributed by atoms with Gasteiger partial charge < -0.3 is 20.7 Å². The summed E-state index contributed by atoms with van der Waals surface area (Å²) >= 11 is 1.38. The standard InChI is InChI=1S/C37H31N3O4S/c1-26-9-8-10-27(23-26)24-34(40-36(42)28-11-4-2-5-12-28)37(43)39-30-17-21-33(22-18-30)45-25-35(41)38-29-15-19-32(20-16-29)44-31-13-6-3-7-14-31/h2-24H,25H2,1H3,(H,38,41)(H,39,43)(H,40,42)/b34-24-. The van der Waals surface area contributed by atoms with Crippen LogP contribution in [0.15, 0.2) is 144 Å². The van der Waals surface area contributed by atoms with Crippen LogP contribution in [0.3, 0.4) is 0 Å². The van der Waals surface area contributed by atoms with Gasteiger partial charge >= 0.3 is 0 Å². The number of hydrogen-bond donors (Lipinski definition) is 3. The molecular formula is C37H31N3O4S. The van der Waals surface area contributed by atoms with Crippen molar-refractivity contribution in [3.8, 4) is 11.5 Å². The minimum atomic E-state index is -0.458. The van der Waals surface area contributed by atoms with Crippen molar-refractivity contribution in [2.45, 2.75) is 11.8 Å². The molecule has 0 unspecified atom stereocenters. The molecule has 0 atom stereocenters.